The molecule has 19 heavy (non-hydrogen) atoms. The van der Waals surface area contributed by atoms with Gasteiger partial charge in [0.05, 0.1) is 11.5 Å². The number of aliphatic hydroxyl groups is 1. The molecule has 108 valence electrons. The first-order chi connectivity index (χ1) is 8.65. The first kappa shape index (κ1) is 16.1. The van der Waals surface area contributed by atoms with E-state index < -0.39 is 22.4 Å². The Kier molecular flexibility index (Phi) is 5.06. The minimum atomic E-state index is -3.66. The number of rotatable bonds is 5. The SMILES string of the molecule is CC(C)(C)CCNS(=O)(=O)c1ccc(F)c(CO)c1. The Labute approximate surface area is 113 Å². The highest BCUT2D eigenvalue weighted by Gasteiger charge is 2.17. The van der Waals surface area contributed by atoms with Crippen LogP contribution in [0.25, 0.3) is 0 Å². The van der Waals surface area contributed by atoms with Crippen LogP contribution in [0.15, 0.2) is 23.1 Å². The smallest absolute Gasteiger partial charge is 0.240 e. The topological polar surface area (TPSA) is 66.4 Å². The molecule has 1 aromatic carbocycles. The van der Waals surface area contributed by atoms with Gasteiger partial charge >= 0.3 is 0 Å². The summed E-state index contributed by atoms with van der Waals surface area (Å²) < 4.78 is 39.6. The monoisotopic (exact) mass is 289 g/mol. The van der Waals surface area contributed by atoms with Crippen LogP contribution in [0, 0.1) is 11.2 Å². The van der Waals surface area contributed by atoms with Gasteiger partial charge < -0.3 is 5.11 Å². The van der Waals surface area contributed by atoms with Gasteiger partial charge in [-0.15, -0.1) is 0 Å². The zero-order valence-corrected chi connectivity index (χ0v) is 12.2. The number of hydrogen-bond donors (Lipinski definition) is 2. The molecule has 0 amide bonds. The van der Waals surface area contributed by atoms with E-state index in [9.17, 15) is 12.8 Å². The van der Waals surface area contributed by atoms with Gasteiger partial charge in [-0.05, 0) is 30.0 Å². The fourth-order valence-corrected chi connectivity index (χ4v) is 2.57. The zero-order chi connectivity index (χ0) is 14.7. The second kappa shape index (κ2) is 5.98. The van der Waals surface area contributed by atoms with E-state index in [-0.39, 0.29) is 15.9 Å². The van der Waals surface area contributed by atoms with E-state index in [1.807, 2.05) is 20.8 Å². The van der Waals surface area contributed by atoms with Gasteiger partial charge in [0.15, 0.2) is 0 Å². The van der Waals surface area contributed by atoms with Crippen LogP contribution in [0.4, 0.5) is 4.39 Å². The molecule has 1 rings (SSSR count). The molecule has 6 heteroatoms. The van der Waals surface area contributed by atoms with Crippen molar-refractivity contribution in [1.82, 2.24) is 4.72 Å². The molecule has 0 radical (unpaired) electrons. The van der Waals surface area contributed by atoms with Crippen molar-refractivity contribution in [2.24, 2.45) is 5.41 Å². The van der Waals surface area contributed by atoms with E-state index in [2.05, 4.69) is 4.72 Å². The number of benzene rings is 1. The Bertz CT molecular complexity index is 535. The number of halogens is 1. The lowest BCUT2D eigenvalue weighted by Crippen LogP contribution is -2.27. The first-order valence-electron chi connectivity index (χ1n) is 6.05. The summed E-state index contributed by atoms with van der Waals surface area (Å²) >= 11 is 0. The number of sulfonamides is 1. The fourth-order valence-electron chi connectivity index (χ4n) is 1.48. The predicted octanol–water partition coefficient (Wildman–Crippen LogP) is 2.03. The van der Waals surface area contributed by atoms with Crippen LogP contribution in [-0.4, -0.2) is 20.1 Å². The molecule has 1 aromatic rings. The highest BCUT2D eigenvalue weighted by molar-refractivity contribution is 7.89. The van der Waals surface area contributed by atoms with Gasteiger partial charge in [0.2, 0.25) is 10.0 Å². The van der Waals surface area contributed by atoms with E-state index in [0.29, 0.717) is 13.0 Å². The van der Waals surface area contributed by atoms with E-state index in [1.165, 1.54) is 6.07 Å². The van der Waals surface area contributed by atoms with Crippen molar-refractivity contribution >= 4 is 10.0 Å². The normalized spacial score (nSPS) is 12.7. The Morgan fingerprint density at radius 3 is 2.47 bits per heavy atom. The third kappa shape index (κ3) is 4.89. The second-order valence-electron chi connectivity index (χ2n) is 5.62. The van der Waals surface area contributed by atoms with E-state index >= 15 is 0 Å². The molecule has 0 spiro atoms. The van der Waals surface area contributed by atoms with Crippen LogP contribution in [0.2, 0.25) is 0 Å². The average molecular weight is 289 g/mol. The molecule has 0 aromatic heterocycles. The van der Waals surface area contributed by atoms with Crippen molar-refractivity contribution in [1.29, 1.82) is 0 Å². The van der Waals surface area contributed by atoms with Gasteiger partial charge in [-0.1, -0.05) is 20.8 Å². The maximum Gasteiger partial charge on any atom is 0.240 e. The van der Waals surface area contributed by atoms with Crippen LogP contribution in [-0.2, 0) is 16.6 Å². The van der Waals surface area contributed by atoms with Crippen LogP contribution in [0.3, 0.4) is 0 Å². The third-order valence-electron chi connectivity index (χ3n) is 2.66. The standard InChI is InChI=1S/C13H20FNO3S/c1-13(2,3)6-7-15-19(17,18)11-4-5-12(14)10(8-11)9-16/h4-5,8,15-16H,6-7,9H2,1-3H3. The summed E-state index contributed by atoms with van der Waals surface area (Å²) in [6.45, 7) is 5.84. The number of hydrogen-bond acceptors (Lipinski definition) is 3. The van der Waals surface area contributed by atoms with Crippen molar-refractivity contribution < 1.29 is 17.9 Å². The van der Waals surface area contributed by atoms with Crippen molar-refractivity contribution in [2.45, 2.75) is 38.7 Å². The molecule has 0 aliphatic rings. The molecule has 2 N–H and O–H groups in total. The third-order valence-corrected chi connectivity index (χ3v) is 4.12. The van der Waals surface area contributed by atoms with Crippen molar-refractivity contribution in [3.8, 4) is 0 Å². The number of aliphatic hydroxyl groups excluding tert-OH is 1. The molecule has 0 atom stereocenters. The van der Waals surface area contributed by atoms with Crippen LogP contribution >= 0.6 is 0 Å². The van der Waals surface area contributed by atoms with E-state index in [4.69, 9.17) is 5.11 Å². The molecule has 0 fully saturated rings. The Morgan fingerprint density at radius 1 is 1.32 bits per heavy atom. The predicted molar refractivity (Wildman–Crippen MR) is 71.6 cm³/mol. The van der Waals surface area contributed by atoms with Crippen LogP contribution < -0.4 is 4.72 Å². The minimum Gasteiger partial charge on any atom is -0.392 e. The highest BCUT2D eigenvalue weighted by Crippen LogP contribution is 2.19. The molecule has 0 saturated heterocycles. The summed E-state index contributed by atoms with van der Waals surface area (Å²) in [5.41, 5.74) is 0.000355. The van der Waals surface area contributed by atoms with Gasteiger partial charge in [0.1, 0.15) is 5.82 Å². The summed E-state index contributed by atoms with van der Waals surface area (Å²) in [5, 5.41) is 8.94. The second-order valence-corrected chi connectivity index (χ2v) is 7.39. The van der Waals surface area contributed by atoms with E-state index in [1.54, 1.807) is 0 Å². The minimum absolute atomic E-state index is 0.0290. The van der Waals surface area contributed by atoms with Gasteiger partial charge in [0, 0.05) is 12.1 Å². The van der Waals surface area contributed by atoms with Gasteiger partial charge in [-0.3, -0.25) is 0 Å². The van der Waals surface area contributed by atoms with Crippen LogP contribution in [0.1, 0.15) is 32.8 Å². The summed E-state index contributed by atoms with van der Waals surface area (Å²) in [7, 11) is -3.66. The lowest BCUT2D eigenvalue weighted by Gasteiger charge is -2.18. The largest absolute Gasteiger partial charge is 0.392 e. The first-order valence-corrected chi connectivity index (χ1v) is 7.53. The number of nitrogens with one attached hydrogen (secondary N) is 1. The maximum absolute atomic E-state index is 13.2. The quantitative estimate of drug-likeness (QED) is 0.871. The van der Waals surface area contributed by atoms with Gasteiger partial charge in [-0.25, -0.2) is 17.5 Å². The molecular formula is C13H20FNO3S. The summed E-state index contributed by atoms with van der Waals surface area (Å²) in [4.78, 5) is -0.0353. The van der Waals surface area contributed by atoms with E-state index in [0.717, 1.165) is 12.1 Å². The Hall–Kier alpha value is -0.980. The Morgan fingerprint density at radius 2 is 1.95 bits per heavy atom. The molecule has 0 aliphatic heterocycles. The summed E-state index contributed by atoms with van der Waals surface area (Å²) in [6.07, 6.45) is 0.695. The molecular weight excluding hydrogens is 269 g/mol. The zero-order valence-electron chi connectivity index (χ0n) is 11.4. The molecule has 0 saturated carbocycles. The summed E-state index contributed by atoms with van der Waals surface area (Å²) in [5.74, 6) is -0.615. The van der Waals surface area contributed by atoms with Gasteiger partial charge in [0.25, 0.3) is 0 Å². The lowest BCUT2D eigenvalue weighted by molar-refractivity contribution is 0.275. The van der Waals surface area contributed by atoms with Crippen molar-refractivity contribution in [3.63, 3.8) is 0 Å². The maximum atomic E-state index is 13.2. The molecule has 0 aliphatic carbocycles. The van der Waals surface area contributed by atoms with Crippen LogP contribution in [0.5, 0.6) is 0 Å². The van der Waals surface area contributed by atoms with Crippen molar-refractivity contribution in [3.05, 3.63) is 29.6 Å². The molecule has 4 nitrogen and oxygen atoms in total. The van der Waals surface area contributed by atoms with Gasteiger partial charge in [-0.2, -0.15) is 0 Å². The average Bonchev–Trinajstić information content (AvgIpc) is 2.27. The lowest BCUT2D eigenvalue weighted by atomic mass is 9.93. The molecule has 0 unspecified atom stereocenters. The molecule has 0 heterocycles. The Balaban J connectivity index is 2.83. The summed E-state index contributed by atoms with van der Waals surface area (Å²) in [6, 6.07) is 3.38. The highest BCUT2D eigenvalue weighted by atomic mass is 32.2. The fraction of sp³-hybridized carbons (Fsp3) is 0.538. The van der Waals surface area contributed by atoms with Crippen molar-refractivity contribution in [2.75, 3.05) is 6.54 Å². The molecule has 0 bridgehead atoms.